The summed E-state index contributed by atoms with van der Waals surface area (Å²) in [5.41, 5.74) is 0.538. The van der Waals surface area contributed by atoms with Crippen molar-refractivity contribution in [3.05, 3.63) is 11.6 Å². The number of rotatable bonds is 9. The predicted octanol–water partition coefficient (Wildman–Crippen LogP) is -1.12. The molecule has 0 unspecified atom stereocenters. The van der Waals surface area contributed by atoms with Gasteiger partial charge in [0.2, 0.25) is 15.9 Å². The van der Waals surface area contributed by atoms with E-state index < -0.39 is 46.4 Å². The van der Waals surface area contributed by atoms with Gasteiger partial charge in [0.1, 0.15) is 6.04 Å². The highest BCUT2D eigenvalue weighted by Crippen LogP contribution is 2.30. The molecule has 11 nitrogen and oxygen atoms in total. The van der Waals surface area contributed by atoms with Gasteiger partial charge in [0.15, 0.2) is 0 Å². The number of ether oxygens (including phenoxy) is 1. The van der Waals surface area contributed by atoms with Crippen LogP contribution in [0.15, 0.2) is 11.6 Å². The number of alkyl halides is 1. The van der Waals surface area contributed by atoms with Crippen LogP contribution in [0.3, 0.4) is 0 Å². The number of hydrogen-bond acceptors (Lipinski definition) is 7. The van der Waals surface area contributed by atoms with Gasteiger partial charge in [0.05, 0.1) is 25.4 Å². The first-order valence-electron chi connectivity index (χ1n) is 8.53. The third kappa shape index (κ3) is 5.17. The monoisotopic (exact) mass is 422 g/mol. The summed E-state index contributed by atoms with van der Waals surface area (Å²) < 4.78 is 42.6. The summed E-state index contributed by atoms with van der Waals surface area (Å²) in [7, 11) is -3.38. The number of nitrogens with zero attached hydrogens (tertiary/aromatic N) is 2. The quantitative estimate of drug-likeness (QED) is 0.273. The van der Waals surface area contributed by atoms with Crippen LogP contribution in [0.5, 0.6) is 0 Å². The fourth-order valence-corrected chi connectivity index (χ4v) is 3.41. The minimum absolute atomic E-state index is 0.00503. The molecule has 0 aliphatic carbocycles. The molecule has 3 atom stereocenters. The van der Waals surface area contributed by atoms with E-state index in [1.54, 1.807) is 13.0 Å². The molecular formula is C15H23FN4O7S. The molecule has 2 aliphatic rings. The van der Waals surface area contributed by atoms with Crippen LogP contribution in [0.25, 0.3) is 0 Å². The van der Waals surface area contributed by atoms with Gasteiger partial charge >= 0.3 is 18.4 Å². The van der Waals surface area contributed by atoms with Crippen LogP contribution in [-0.4, -0.2) is 87.2 Å². The van der Waals surface area contributed by atoms with Crippen molar-refractivity contribution in [1.29, 1.82) is 0 Å². The zero-order valence-electron chi connectivity index (χ0n) is 15.7. The number of fused-ring (bicyclic) bond motifs is 2. The largest absolute Gasteiger partial charge is 0.462 e. The van der Waals surface area contributed by atoms with E-state index in [9.17, 15) is 27.2 Å². The number of hydroxylamine groups is 2. The average Bonchev–Trinajstić information content (AvgIpc) is 2.83. The Morgan fingerprint density at radius 3 is 2.68 bits per heavy atom. The molecule has 1 saturated heterocycles. The molecule has 0 aromatic heterocycles. The van der Waals surface area contributed by atoms with Gasteiger partial charge in [0, 0.05) is 13.1 Å². The van der Waals surface area contributed by atoms with Crippen LogP contribution < -0.4 is 10.0 Å². The van der Waals surface area contributed by atoms with Gasteiger partial charge in [-0.2, -0.15) is 5.06 Å². The number of halogens is 1. The Kier molecular flexibility index (Phi) is 6.96. The Labute approximate surface area is 161 Å². The first-order valence-corrected chi connectivity index (χ1v) is 10.4. The number of nitrogens with one attached hydrogen (secondary N) is 2. The van der Waals surface area contributed by atoms with Crippen molar-refractivity contribution in [3.8, 4) is 0 Å². The van der Waals surface area contributed by atoms with Gasteiger partial charge < -0.3 is 15.0 Å². The molecule has 1 fully saturated rings. The van der Waals surface area contributed by atoms with Crippen LogP contribution >= 0.6 is 0 Å². The second-order valence-electron chi connectivity index (χ2n) is 6.27. The lowest BCUT2D eigenvalue weighted by atomic mass is 10.00. The summed E-state index contributed by atoms with van der Waals surface area (Å²) in [4.78, 5) is 42.4. The smallest absolute Gasteiger partial charge is 0.370 e. The van der Waals surface area contributed by atoms with Gasteiger partial charge in [-0.1, -0.05) is 6.08 Å². The molecule has 2 aliphatic heterocycles. The third-order valence-electron chi connectivity index (χ3n) is 4.03. The lowest BCUT2D eigenvalue weighted by Gasteiger charge is -2.29. The molecule has 0 aromatic carbocycles. The highest BCUT2D eigenvalue weighted by atomic mass is 32.2. The topological polar surface area (TPSA) is 134 Å². The summed E-state index contributed by atoms with van der Waals surface area (Å²) in [5, 5.41) is 3.25. The molecule has 0 radical (unpaired) electrons. The molecule has 2 rings (SSSR count). The SMILES string of the molecule is CCOC(=O)[C@H](F)ON1C(=O)N2C[C@@H]1C=C(C)[C@H]2C(=O)NCCNS(C)(=O)=O. The zero-order chi connectivity index (χ0) is 21.1. The molecule has 3 amide bonds. The Morgan fingerprint density at radius 2 is 2.07 bits per heavy atom. The van der Waals surface area contributed by atoms with Crippen molar-refractivity contribution in [3.63, 3.8) is 0 Å². The lowest BCUT2D eigenvalue weighted by molar-refractivity contribution is -0.223. The molecule has 2 N–H and O–H groups in total. The molecule has 2 bridgehead atoms. The van der Waals surface area contributed by atoms with E-state index in [1.807, 2.05) is 0 Å². The lowest BCUT2D eigenvalue weighted by Crippen LogP contribution is -2.51. The molecular weight excluding hydrogens is 399 g/mol. The Bertz CT molecular complexity index is 772. The molecule has 0 saturated carbocycles. The number of carbonyl (C=O) groups excluding carboxylic acids is 3. The van der Waals surface area contributed by atoms with Crippen LogP contribution in [0.2, 0.25) is 0 Å². The van der Waals surface area contributed by atoms with Crippen molar-refractivity contribution in [2.75, 3.05) is 32.5 Å². The van der Waals surface area contributed by atoms with E-state index in [0.717, 1.165) is 6.26 Å². The maximum Gasteiger partial charge on any atom is 0.370 e. The van der Waals surface area contributed by atoms with Crippen LogP contribution in [-0.2, 0) is 29.2 Å². The number of urea groups is 1. The van der Waals surface area contributed by atoms with E-state index in [0.29, 0.717) is 10.6 Å². The van der Waals surface area contributed by atoms with E-state index in [2.05, 4.69) is 14.8 Å². The minimum Gasteiger partial charge on any atom is -0.462 e. The fourth-order valence-electron chi connectivity index (χ4n) is 2.94. The van der Waals surface area contributed by atoms with Crippen molar-refractivity contribution in [2.45, 2.75) is 32.3 Å². The Morgan fingerprint density at radius 1 is 1.39 bits per heavy atom. The highest BCUT2D eigenvalue weighted by Gasteiger charge is 2.48. The van der Waals surface area contributed by atoms with E-state index in [1.165, 1.54) is 11.8 Å². The summed E-state index contributed by atoms with van der Waals surface area (Å²) in [6.07, 6.45) is 0.111. The van der Waals surface area contributed by atoms with Crippen LogP contribution in [0, 0.1) is 0 Å². The number of hydrogen-bond donors (Lipinski definition) is 2. The minimum atomic E-state index is -3.38. The Balaban J connectivity index is 1.99. The number of amides is 3. The third-order valence-corrected chi connectivity index (χ3v) is 4.76. The highest BCUT2D eigenvalue weighted by molar-refractivity contribution is 7.88. The summed E-state index contributed by atoms with van der Waals surface area (Å²) in [6, 6.07) is -2.37. The average molecular weight is 422 g/mol. The molecule has 0 spiro atoms. The number of sulfonamides is 1. The van der Waals surface area contributed by atoms with Crippen molar-refractivity contribution in [1.82, 2.24) is 20.0 Å². The predicted molar refractivity (Wildman–Crippen MR) is 93.7 cm³/mol. The van der Waals surface area contributed by atoms with Gasteiger partial charge in [0.25, 0.3) is 0 Å². The molecule has 158 valence electrons. The van der Waals surface area contributed by atoms with Crippen molar-refractivity contribution >= 4 is 27.9 Å². The summed E-state index contributed by atoms with van der Waals surface area (Å²) >= 11 is 0. The standard InChI is InChI=1S/C15H23FN4O7S/c1-4-26-14(22)12(16)27-20-10-7-9(2)11(19(8-10)15(20)23)13(21)17-5-6-18-28(3,24)25/h7,10-12,18H,4-6,8H2,1-3H3,(H,17,21)/t10-,11-,12+/m0/s1. The second-order valence-corrected chi connectivity index (χ2v) is 8.11. The maximum absolute atomic E-state index is 13.9. The van der Waals surface area contributed by atoms with Crippen molar-refractivity contribution in [2.24, 2.45) is 0 Å². The van der Waals surface area contributed by atoms with Gasteiger partial charge in [-0.15, -0.1) is 0 Å². The van der Waals surface area contributed by atoms with Gasteiger partial charge in [-0.25, -0.2) is 32.0 Å². The molecule has 28 heavy (non-hydrogen) atoms. The zero-order valence-corrected chi connectivity index (χ0v) is 16.5. The molecule has 0 aromatic rings. The van der Waals surface area contributed by atoms with Crippen LogP contribution in [0.4, 0.5) is 9.18 Å². The van der Waals surface area contributed by atoms with E-state index in [4.69, 9.17) is 4.84 Å². The van der Waals surface area contributed by atoms with E-state index >= 15 is 0 Å². The Hall–Kier alpha value is -2.25. The summed E-state index contributed by atoms with van der Waals surface area (Å²) in [5.74, 6) is -1.76. The normalized spacial score (nSPS) is 22.7. The fraction of sp³-hybridized carbons (Fsp3) is 0.667. The van der Waals surface area contributed by atoms with E-state index in [-0.39, 0.29) is 26.2 Å². The number of carbonyl (C=O) groups is 3. The second kappa shape index (κ2) is 8.84. The first-order chi connectivity index (χ1) is 13.0. The molecule has 13 heteroatoms. The van der Waals surface area contributed by atoms with Gasteiger partial charge in [-0.3, -0.25) is 4.79 Å². The van der Waals surface area contributed by atoms with Crippen molar-refractivity contribution < 1.29 is 36.8 Å². The summed E-state index contributed by atoms with van der Waals surface area (Å²) in [6.45, 7) is 3.19. The molecule has 2 heterocycles. The maximum atomic E-state index is 13.9. The number of esters is 1. The van der Waals surface area contributed by atoms with Crippen LogP contribution in [0.1, 0.15) is 13.8 Å². The van der Waals surface area contributed by atoms with Gasteiger partial charge in [-0.05, 0) is 19.4 Å². The first kappa shape index (κ1) is 22.0.